The Labute approximate surface area is 710 Å². The molecular formula is C99H110F3N17S. The predicted molar refractivity (Wildman–Crippen MR) is 482 cm³/mol. The molecule has 4 aromatic carbocycles. The molecule has 0 spiro atoms. The van der Waals surface area contributed by atoms with E-state index < -0.39 is 0 Å². The Balaban J connectivity index is 0.000000171. The fourth-order valence-corrected chi connectivity index (χ4v) is 12.1. The van der Waals surface area contributed by atoms with Crippen molar-refractivity contribution in [1.29, 1.82) is 0 Å². The fraction of sp³-hybridized carbons (Fsp3) is 0.283. The van der Waals surface area contributed by atoms with Crippen LogP contribution in [0.5, 0.6) is 0 Å². The number of aromatic nitrogens is 17. The van der Waals surface area contributed by atoms with Crippen LogP contribution in [0, 0.1) is 45.1 Å². The summed E-state index contributed by atoms with van der Waals surface area (Å²) in [6.45, 7) is 41.4. The number of rotatable bonds is 15. The third-order valence-electron chi connectivity index (χ3n) is 18.2. The maximum absolute atomic E-state index is 13.9. The van der Waals surface area contributed by atoms with Gasteiger partial charge in [0.05, 0.1) is 33.1 Å². The summed E-state index contributed by atoms with van der Waals surface area (Å²) >= 11 is 1.77. The molecule has 120 heavy (non-hydrogen) atoms. The summed E-state index contributed by atoms with van der Waals surface area (Å²) in [5.41, 5.74) is 16.5. The van der Waals surface area contributed by atoms with Crippen molar-refractivity contribution in [2.45, 2.75) is 186 Å². The van der Waals surface area contributed by atoms with Gasteiger partial charge in [0.2, 0.25) is 0 Å². The summed E-state index contributed by atoms with van der Waals surface area (Å²) in [4.78, 5) is 73.6. The molecule has 0 aliphatic heterocycles. The van der Waals surface area contributed by atoms with Gasteiger partial charge in [-0.2, -0.15) is 0 Å². The SMILES string of the molecule is CC(C)c1ccc(-c2ncccn2)cc1F.CC(C)c1ccc(-c2ncccn2)s1.CC(C)c1ncc(-c2ncccn2)cc1F.CC(C)c1ncc(-c2ncccn2)cn1.Cc1ccc(-c2ccc(C(C)C)cc2)nc1.Cc1ccc(-c2ccc(C(C)C)cc2)nc1.Cc1cnc(-c2ccc(C(C)C)cc2F)nc1.Cc1cnc(C(C)C)nc1. The summed E-state index contributed by atoms with van der Waals surface area (Å²) < 4.78 is 41.3. The largest absolute Gasteiger partial charge is 0.257 e. The molecule has 11 aromatic heterocycles. The second-order valence-corrected chi connectivity index (χ2v) is 32.1. The average molecular weight is 1630 g/mol. The van der Waals surface area contributed by atoms with E-state index >= 15 is 0 Å². The molecule has 17 nitrogen and oxygen atoms in total. The first kappa shape index (κ1) is 92.9. The Hall–Kier alpha value is -12.6. The van der Waals surface area contributed by atoms with Gasteiger partial charge in [-0.1, -0.05) is 190 Å². The zero-order chi connectivity index (χ0) is 86.8. The fourth-order valence-electron chi connectivity index (χ4n) is 11.1. The summed E-state index contributed by atoms with van der Waals surface area (Å²) in [5, 5.41) is 0. The third-order valence-corrected chi connectivity index (χ3v) is 19.6. The molecule has 11 heterocycles. The monoisotopic (exact) mass is 1630 g/mol. The highest BCUT2D eigenvalue weighted by atomic mass is 32.1. The highest BCUT2D eigenvalue weighted by molar-refractivity contribution is 7.15. The van der Waals surface area contributed by atoms with Crippen LogP contribution in [0.1, 0.15) is 225 Å². The lowest BCUT2D eigenvalue weighted by molar-refractivity contribution is 0.585. The summed E-state index contributed by atoms with van der Waals surface area (Å²) in [6.07, 6.45) is 29.5. The van der Waals surface area contributed by atoms with Crippen LogP contribution in [0.2, 0.25) is 0 Å². The lowest BCUT2D eigenvalue weighted by Gasteiger charge is -2.08. The van der Waals surface area contributed by atoms with Crippen LogP contribution in [-0.2, 0) is 0 Å². The molecular weight excluding hydrogens is 1520 g/mol. The topological polar surface area (TPSA) is 219 Å². The van der Waals surface area contributed by atoms with E-state index in [0.29, 0.717) is 81.2 Å². The van der Waals surface area contributed by atoms with Crippen LogP contribution < -0.4 is 0 Å². The van der Waals surface area contributed by atoms with Crippen molar-refractivity contribution in [3.8, 4) is 78.8 Å². The van der Waals surface area contributed by atoms with Crippen LogP contribution in [0.25, 0.3) is 78.8 Å². The first-order valence-electron chi connectivity index (χ1n) is 40.4. The highest BCUT2D eigenvalue weighted by Gasteiger charge is 2.15. The van der Waals surface area contributed by atoms with Gasteiger partial charge in [0, 0.05) is 144 Å². The molecule has 15 rings (SSSR count). The molecule has 21 heteroatoms. The molecule has 618 valence electrons. The van der Waals surface area contributed by atoms with Gasteiger partial charge in [-0.05, 0) is 181 Å². The Morgan fingerprint density at radius 3 is 1.01 bits per heavy atom. The van der Waals surface area contributed by atoms with Crippen molar-refractivity contribution in [2.75, 3.05) is 0 Å². The van der Waals surface area contributed by atoms with Crippen molar-refractivity contribution in [1.82, 2.24) is 84.7 Å². The molecule has 15 aromatic rings. The second kappa shape index (κ2) is 47.1. The minimum atomic E-state index is -0.306. The molecule has 0 N–H and O–H groups in total. The Kier molecular flexibility index (Phi) is 36.5. The van der Waals surface area contributed by atoms with E-state index in [0.717, 1.165) is 61.6 Å². The maximum atomic E-state index is 13.9. The molecule has 0 atom stereocenters. The van der Waals surface area contributed by atoms with Crippen LogP contribution in [0.4, 0.5) is 13.2 Å². The number of pyridine rings is 3. The predicted octanol–water partition coefficient (Wildman–Crippen LogP) is 25.6. The van der Waals surface area contributed by atoms with Gasteiger partial charge >= 0.3 is 0 Å². The summed E-state index contributed by atoms with van der Waals surface area (Å²) in [6, 6.07) is 48.8. The maximum Gasteiger partial charge on any atom is 0.169 e. The first-order chi connectivity index (χ1) is 57.5. The zero-order valence-electron chi connectivity index (χ0n) is 72.5. The van der Waals surface area contributed by atoms with Crippen molar-refractivity contribution in [3.05, 3.63) is 341 Å². The summed E-state index contributed by atoms with van der Waals surface area (Å²) in [7, 11) is 0. The standard InChI is InChI=1S/2C15H17N.C14H15FN2.C13H13FN2.C12H12FN3.C11H12N4.C11H12N2S.C8H12N2/c2*1-11(2)13-5-7-14(8-6-13)15-9-4-12(3)10-16-15;1-9(2)11-4-5-12(13(15)6-11)14-16-7-10(3)8-17-14;1-9(2)11-5-4-10(8-12(11)14)13-15-6-3-7-16-13;1-8(2)11-10(13)6-9(7-16-11)12-14-4-3-5-15-12;1-8(2)10-14-6-9(7-15-10)11-12-4-3-5-13-11;1-8(2)9-4-5-10(14-9)11-12-6-3-7-13-11;1-6(2)8-9-4-7(3)5-10-8/h2*4-11H,1-3H3;4-9H,1-3H3;3-9H,1-2H3;3-8H,1-2H3;3-8H,1-2H3;3-8H,1-2H3;4-6H,1-3H3. The van der Waals surface area contributed by atoms with Gasteiger partial charge in [-0.15, -0.1) is 11.3 Å². The number of hydrogen-bond donors (Lipinski definition) is 0. The number of nitrogens with zero attached hydrogens (tertiary/aromatic N) is 17. The van der Waals surface area contributed by atoms with Gasteiger partial charge in [0.15, 0.2) is 29.1 Å². The normalized spacial score (nSPS) is 10.7. The van der Waals surface area contributed by atoms with Crippen LogP contribution in [0.3, 0.4) is 0 Å². The Bertz CT molecular complexity index is 5290. The average Bonchev–Trinajstić information content (AvgIpc) is 1.04. The smallest absolute Gasteiger partial charge is 0.169 e. The van der Waals surface area contributed by atoms with Crippen molar-refractivity contribution in [2.24, 2.45) is 0 Å². The van der Waals surface area contributed by atoms with Crippen LogP contribution >= 0.6 is 11.3 Å². The highest BCUT2D eigenvalue weighted by Crippen LogP contribution is 2.31. The lowest BCUT2D eigenvalue weighted by Crippen LogP contribution is -1.98. The molecule has 0 fully saturated rings. The van der Waals surface area contributed by atoms with E-state index in [4.69, 9.17) is 0 Å². The van der Waals surface area contributed by atoms with E-state index in [9.17, 15) is 13.2 Å². The first-order valence-corrected chi connectivity index (χ1v) is 41.2. The van der Waals surface area contributed by atoms with Gasteiger partial charge in [-0.3, -0.25) is 15.0 Å². The number of halogens is 3. The Morgan fingerprint density at radius 1 is 0.250 bits per heavy atom. The minimum Gasteiger partial charge on any atom is -0.257 e. The van der Waals surface area contributed by atoms with Gasteiger partial charge in [0.25, 0.3) is 0 Å². The van der Waals surface area contributed by atoms with E-state index in [2.05, 4.69) is 253 Å². The zero-order valence-corrected chi connectivity index (χ0v) is 73.3. The van der Waals surface area contributed by atoms with Crippen LogP contribution in [-0.4, -0.2) is 84.7 Å². The van der Waals surface area contributed by atoms with E-state index in [1.807, 2.05) is 98.4 Å². The lowest BCUT2D eigenvalue weighted by atomic mass is 10.0. The molecule has 0 radical (unpaired) electrons. The number of aryl methyl sites for hydroxylation is 4. The summed E-state index contributed by atoms with van der Waals surface area (Å²) in [5.74, 6) is 7.06. The molecule has 0 saturated carbocycles. The van der Waals surface area contributed by atoms with E-state index in [-0.39, 0.29) is 29.3 Å². The number of thiophene rings is 1. The molecule has 0 amide bonds. The van der Waals surface area contributed by atoms with Crippen LogP contribution in [0.15, 0.2) is 257 Å². The molecule has 0 aliphatic rings. The minimum absolute atomic E-state index is 0.0748. The Morgan fingerprint density at radius 2 is 0.633 bits per heavy atom. The van der Waals surface area contributed by atoms with Gasteiger partial charge in [-0.25, -0.2) is 82.9 Å². The van der Waals surface area contributed by atoms with E-state index in [1.54, 1.807) is 128 Å². The van der Waals surface area contributed by atoms with Crippen molar-refractivity contribution in [3.63, 3.8) is 0 Å². The molecule has 0 unspecified atom stereocenters. The third kappa shape index (κ3) is 29.5. The molecule has 0 bridgehead atoms. The molecule has 0 aliphatic carbocycles. The quantitative estimate of drug-likeness (QED) is 0.0931. The van der Waals surface area contributed by atoms with Crippen molar-refractivity contribution < 1.29 is 13.2 Å². The van der Waals surface area contributed by atoms with Gasteiger partial charge < -0.3 is 0 Å². The van der Waals surface area contributed by atoms with Crippen molar-refractivity contribution >= 4 is 11.3 Å². The van der Waals surface area contributed by atoms with Gasteiger partial charge in [0.1, 0.15) is 29.1 Å². The van der Waals surface area contributed by atoms with E-state index in [1.165, 1.54) is 50.4 Å². The number of benzene rings is 4. The molecule has 0 saturated heterocycles. The second-order valence-electron chi connectivity index (χ2n) is 31.0. The number of hydrogen-bond acceptors (Lipinski definition) is 18.